The Bertz CT molecular complexity index is 587. The number of benzene rings is 2. The molecular formula is C14H11F4N. The van der Waals surface area contributed by atoms with E-state index >= 15 is 0 Å². The third-order valence-corrected chi connectivity index (χ3v) is 2.71. The van der Waals surface area contributed by atoms with Crippen LogP contribution in [0.1, 0.15) is 5.56 Å². The fourth-order valence-electron chi connectivity index (χ4n) is 1.87. The predicted molar refractivity (Wildman–Crippen MR) is 64.5 cm³/mol. The van der Waals surface area contributed by atoms with Crippen LogP contribution in [0, 0.1) is 23.3 Å². The Kier molecular flexibility index (Phi) is 3.85. The highest BCUT2D eigenvalue weighted by molar-refractivity contribution is 5.65. The first-order valence-electron chi connectivity index (χ1n) is 5.61. The average molecular weight is 269 g/mol. The lowest BCUT2D eigenvalue weighted by Gasteiger charge is -2.09. The van der Waals surface area contributed by atoms with Gasteiger partial charge in [-0.15, -0.1) is 0 Å². The smallest absolute Gasteiger partial charge is 0.136 e. The molecule has 1 nitrogen and oxygen atoms in total. The SMILES string of the molecule is CNCc1cc(-c2c(F)cc(F)cc2F)ccc1F. The Morgan fingerprint density at radius 2 is 1.53 bits per heavy atom. The second kappa shape index (κ2) is 5.40. The Morgan fingerprint density at radius 3 is 2.11 bits per heavy atom. The van der Waals surface area contributed by atoms with Crippen LogP contribution in [0.25, 0.3) is 11.1 Å². The van der Waals surface area contributed by atoms with E-state index in [2.05, 4.69) is 5.32 Å². The molecule has 0 amide bonds. The standard InChI is InChI=1S/C14H11F4N/c1-19-7-9-4-8(2-3-11(9)16)14-12(17)5-10(15)6-13(14)18/h2-6,19H,7H2,1H3. The van der Waals surface area contributed by atoms with E-state index in [1.807, 2.05) is 0 Å². The monoisotopic (exact) mass is 269 g/mol. The second-order valence-corrected chi connectivity index (χ2v) is 4.08. The summed E-state index contributed by atoms with van der Waals surface area (Å²) >= 11 is 0. The number of nitrogens with one attached hydrogen (secondary N) is 1. The van der Waals surface area contributed by atoms with Crippen LogP contribution < -0.4 is 5.32 Å². The molecule has 0 saturated heterocycles. The fourth-order valence-corrected chi connectivity index (χ4v) is 1.87. The first-order chi connectivity index (χ1) is 9.02. The van der Waals surface area contributed by atoms with Gasteiger partial charge in [-0.05, 0) is 24.7 Å². The van der Waals surface area contributed by atoms with Gasteiger partial charge in [-0.3, -0.25) is 0 Å². The summed E-state index contributed by atoms with van der Waals surface area (Å²) < 4.78 is 53.5. The molecule has 0 radical (unpaired) electrons. The van der Waals surface area contributed by atoms with Gasteiger partial charge in [0.2, 0.25) is 0 Å². The minimum Gasteiger partial charge on any atom is -0.316 e. The Morgan fingerprint density at radius 1 is 0.895 bits per heavy atom. The van der Waals surface area contributed by atoms with Gasteiger partial charge in [-0.1, -0.05) is 6.07 Å². The molecule has 0 saturated carbocycles. The minimum atomic E-state index is -1.01. The molecule has 0 spiro atoms. The van der Waals surface area contributed by atoms with Crippen molar-refractivity contribution in [2.24, 2.45) is 0 Å². The van der Waals surface area contributed by atoms with Gasteiger partial charge in [0, 0.05) is 24.2 Å². The van der Waals surface area contributed by atoms with Gasteiger partial charge < -0.3 is 5.32 Å². The van der Waals surface area contributed by atoms with E-state index in [0.29, 0.717) is 12.1 Å². The highest BCUT2D eigenvalue weighted by atomic mass is 19.1. The summed E-state index contributed by atoms with van der Waals surface area (Å²) in [5, 5.41) is 2.75. The molecular weight excluding hydrogens is 258 g/mol. The molecule has 0 atom stereocenters. The molecule has 100 valence electrons. The topological polar surface area (TPSA) is 12.0 Å². The zero-order valence-corrected chi connectivity index (χ0v) is 10.1. The zero-order chi connectivity index (χ0) is 14.0. The van der Waals surface area contributed by atoms with Crippen molar-refractivity contribution < 1.29 is 17.6 Å². The fraction of sp³-hybridized carbons (Fsp3) is 0.143. The quantitative estimate of drug-likeness (QED) is 0.839. The number of hydrogen-bond acceptors (Lipinski definition) is 1. The summed E-state index contributed by atoms with van der Waals surface area (Å²) in [6.07, 6.45) is 0. The molecule has 5 heteroatoms. The van der Waals surface area contributed by atoms with Gasteiger partial charge in [0.1, 0.15) is 23.3 Å². The molecule has 0 aromatic heterocycles. The summed E-state index contributed by atoms with van der Waals surface area (Å²) in [4.78, 5) is 0. The maximum Gasteiger partial charge on any atom is 0.136 e. The van der Waals surface area contributed by atoms with Crippen LogP contribution in [0.2, 0.25) is 0 Å². The molecule has 2 aromatic rings. The van der Waals surface area contributed by atoms with E-state index in [-0.39, 0.29) is 23.2 Å². The molecule has 2 rings (SSSR count). The molecule has 0 heterocycles. The first kappa shape index (κ1) is 13.5. The Labute approximate surface area is 107 Å². The highest BCUT2D eigenvalue weighted by Gasteiger charge is 2.15. The normalized spacial score (nSPS) is 10.8. The van der Waals surface area contributed by atoms with Crippen molar-refractivity contribution in [3.05, 3.63) is 59.2 Å². The van der Waals surface area contributed by atoms with Crippen molar-refractivity contribution in [2.45, 2.75) is 6.54 Å². The molecule has 2 aromatic carbocycles. The summed E-state index contributed by atoms with van der Waals surface area (Å²) in [5.74, 6) is -3.49. The Hall–Kier alpha value is -1.88. The summed E-state index contributed by atoms with van der Waals surface area (Å²) in [6, 6.07) is 4.92. The van der Waals surface area contributed by atoms with Crippen LogP contribution in [-0.2, 0) is 6.54 Å². The number of halogens is 4. The maximum atomic E-state index is 13.6. The molecule has 0 unspecified atom stereocenters. The van der Waals surface area contributed by atoms with Crippen LogP contribution in [0.5, 0.6) is 0 Å². The first-order valence-corrected chi connectivity index (χ1v) is 5.61. The molecule has 0 aliphatic heterocycles. The van der Waals surface area contributed by atoms with Crippen LogP contribution in [0.3, 0.4) is 0 Å². The van der Waals surface area contributed by atoms with Crippen LogP contribution in [0.4, 0.5) is 17.6 Å². The van der Waals surface area contributed by atoms with Gasteiger partial charge in [-0.25, -0.2) is 17.6 Å². The van der Waals surface area contributed by atoms with Crippen molar-refractivity contribution in [3.63, 3.8) is 0 Å². The van der Waals surface area contributed by atoms with Gasteiger partial charge in [-0.2, -0.15) is 0 Å². The molecule has 0 fully saturated rings. The number of hydrogen-bond donors (Lipinski definition) is 1. The van der Waals surface area contributed by atoms with Crippen LogP contribution >= 0.6 is 0 Å². The molecule has 0 aliphatic rings. The van der Waals surface area contributed by atoms with Gasteiger partial charge in [0.25, 0.3) is 0 Å². The lowest BCUT2D eigenvalue weighted by molar-refractivity contribution is 0.547. The van der Waals surface area contributed by atoms with E-state index in [1.165, 1.54) is 12.1 Å². The van der Waals surface area contributed by atoms with Crippen molar-refractivity contribution in [3.8, 4) is 11.1 Å². The molecule has 0 aliphatic carbocycles. The lowest BCUT2D eigenvalue weighted by Crippen LogP contribution is -2.07. The van der Waals surface area contributed by atoms with E-state index in [9.17, 15) is 17.6 Å². The highest BCUT2D eigenvalue weighted by Crippen LogP contribution is 2.28. The molecule has 1 N–H and O–H groups in total. The van der Waals surface area contributed by atoms with Gasteiger partial charge >= 0.3 is 0 Å². The van der Waals surface area contributed by atoms with Crippen LogP contribution in [-0.4, -0.2) is 7.05 Å². The number of rotatable bonds is 3. The van der Waals surface area contributed by atoms with E-state index in [1.54, 1.807) is 7.05 Å². The van der Waals surface area contributed by atoms with Gasteiger partial charge in [0.15, 0.2) is 0 Å². The third-order valence-electron chi connectivity index (χ3n) is 2.71. The summed E-state index contributed by atoms with van der Waals surface area (Å²) in [5.41, 5.74) is 0.0866. The van der Waals surface area contributed by atoms with Crippen molar-refractivity contribution in [2.75, 3.05) is 7.05 Å². The lowest BCUT2D eigenvalue weighted by atomic mass is 10.0. The van der Waals surface area contributed by atoms with Crippen LogP contribution in [0.15, 0.2) is 30.3 Å². The Balaban J connectivity index is 2.56. The van der Waals surface area contributed by atoms with E-state index < -0.39 is 23.3 Å². The van der Waals surface area contributed by atoms with Crippen molar-refractivity contribution >= 4 is 0 Å². The van der Waals surface area contributed by atoms with Crippen molar-refractivity contribution in [1.82, 2.24) is 5.32 Å². The van der Waals surface area contributed by atoms with Crippen molar-refractivity contribution in [1.29, 1.82) is 0 Å². The minimum absolute atomic E-state index is 0.168. The van der Waals surface area contributed by atoms with E-state index in [4.69, 9.17) is 0 Å². The second-order valence-electron chi connectivity index (χ2n) is 4.08. The van der Waals surface area contributed by atoms with E-state index in [0.717, 1.165) is 6.07 Å². The molecule has 19 heavy (non-hydrogen) atoms. The largest absolute Gasteiger partial charge is 0.316 e. The third kappa shape index (κ3) is 2.76. The zero-order valence-electron chi connectivity index (χ0n) is 10.1. The average Bonchev–Trinajstić information content (AvgIpc) is 2.32. The summed E-state index contributed by atoms with van der Waals surface area (Å²) in [7, 11) is 1.63. The maximum absolute atomic E-state index is 13.6. The predicted octanol–water partition coefficient (Wildman–Crippen LogP) is 3.63. The summed E-state index contributed by atoms with van der Waals surface area (Å²) in [6.45, 7) is 0.226. The van der Waals surface area contributed by atoms with Gasteiger partial charge in [0.05, 0.1) is 5.56 Å². The molecule has 0 bridgehead atoms.